The van der Waals surface area contributed by atoms with Gasteiger partial charge < -0.3 is 32.2 Å². The van der Waals surface area contributed by atoms with Gasteiger partial charge >= 0.3 is 0 Å². The van der Waals surface area contributed by atoms with Gasteiger partial charge in [0, 0.05) is 31.3 Å². The summed E-state index contributed by atoms with van der Waals surface area (Å²) in [5.41, 5.74) is 12.2. The van der Waals surface area contributed by atoms with E-state index in [1.165, 1.54) is 13.3 Å². The minimum atomic E-state index is -0.863. The fraction of sp³-hybridized carbons (Fsp3) is 0.562. The van der Waals surface area contributed by atoms with Gasteiger partial charge in [-0.1, -0.05) is 0 Å². The van der Waals surface area contributed by atoms with Crippen LogP contribution in [0.4, 0.5) is 5.69 Å². The number of nitriles is 1. The van der Waals surface area contributed by atoms with E-state index in [1.54, 1.807) is 12.3 Å². The van der Waals surface area contributed by atoms with E-state index in [0.29, 0.717) is 24.5 Å². The maximum absolute atomic E-state index is 12.7. The predicted molar refractivity (Wildman–Crippen MR) is 93.1 cm³/mol. The SMILES string of the molecule is COc1ccncc1NC(=O)C(C(N)N)C1NCC(C(C)C#N)CN1. The van der Waals surface area contributed by atoms with E-state index >= 15 is 0 Å². The number of ether oxygens (including phenoxy) is 1. The van der Waals surface area contributed by atoms with Crippen molar-refractivity contribution in [2.24, 2.45) is 29.2 Å². The fourth-order valence-corrected chi connectivity index (χ4v) is 2.83. The lowest BCUT2D eigenvalue weighted by atomic mass is 9.91. The van der Waals surface area contributed by atoms with Crippen LogP contribution in [0.25, 0.3) is 0 Å². The molecule has 0 aliphatic carbocycles. The second-order valence-electron chi connectivity index (χ2n) is 6.14. The van der Waals surface area contributed by atoms with Crippen LogP contribution in [0.1, 0.15) is 6.92 Å². The topological polar surface area (TPSA) is 151 Å². The number of carbonyl (C=O) groups excluding carboxylic acids is 1. The molecular weight excluding hydrogens is 322 g/mol. The van der Waals surface area contributed by atoms with E-state index in [9.17, 15) is 4.79 Å². The first-order valence-electron chi connectivity index (χ1n) is 8.14. The van der Waals surface area contributed by atoms with Gasteiger partial charge in [-0.25, -0.2) is 0 Å². The van der Waals surface area contributed by atoms with Gasteiger partial charge in [-0.05, 0) is 12.8 Å². The number of hydrogen-bond acceptors (Lipinski definition) is 8. The molecule has 0 spiro atoms. The van der Waals surface area contributed by atoms with Crippen LogP contribution in [-0.2, 0) is 4.79 Å². The van der Waals surface area contributed by atoms with Crippen LogP contribution in [0, 0.1) is 29.1 Å². The van der Waals surface area contributed by atoms with Crippen LogP contribution >= 0.6 is 0 Å². The molecule has 2 rings (SSSR count). The standard InChI is InChI=1S/C16H25N7O2/c1-9(5-17)10-6-21-15(22-7-10)13(14(18)19)16(24)23-11-8-20-4-3-12(11)25-2/h3-4,8-10,13-15,21-22H,6-7,18-19H2,1-2H3,(H,23,24). The Kier molecular flexibility index (Phi) is 6.66. The lowest BCUT2D eigenvalue weighted by Gasteiger charge is -2.37. The minimum Gasteiger partial charge on any atom is -0.494 e. The number of nitrogens with zero attached hydrogens (tertiary/aromatic N) is 2. The summed E-state index contributed by atoms with van der Waals surface area (Å²) in [6.07, 6.45) is 1.83. The highest BCUT2D eigenvalue weighted by molar-refractivity contribution is 5.94. The average Bonchev–Trinajstić information content (AvgIpc) is 2.62. The smallest absolute Gasteiger partial charge is 0.233 e. The number of rotatable bonds is 6. The molecule has 2 atom stereocenters. The maximum atomic E-state index is 12.7. The Morgan fingerprint density at radius 3 is 2.72 bits per heavy atom. The summed E-state index contributed by atoms with van der Waals surface area (Å²) in [5, 5.41) is 18.3. The highest BCUT2D eigenvalue weighted by Gasteiger charge is 2.36. The summed E-state index contributed by atoms with van der Waals surface area (Å²) in [7, 11) is 1.51. The third-order valence-corrected chi connectivity index (χ3v) is 4.45. The number of nitrogens with one attached hydrogen (secondary N) is 3. The molecule has 9 heteroatoms. The first-order chi connectivity index (χ1) is 12.0. The van der Waals surface area contributed by atoms with Crippen molar-refractivity contribution in [1.82, 2.24) is 15.6 Å². The van der Waals surface area contributed by atoms with Gasteiger partial charge in [0.2, 0.25) is 5.91 Å². The van der Waals surface area contributed by atoms with Gasteiger partial charge in [0.1, 0.15) is 11.4 Å². The quantitative estimate of drug-likeness (QED) is 0.419. The number of methoxy groups -OCH3 is 1. The third kappa shape index (κ3) is 4.64. The summed E-state index contributed by atoms with van der Waals surface area (Å²) < 4.78 is 5.21. The summed E-state index contributed by atoms with van der Waals surface area (Å²) >= 11 is 0. The zero-order valence-corrected chi connectivity index (χ0v) is 14.4. The fourth-order valence-electron chi connectivity index (χ4n) is 2.83. The second kappa shape index (κ2) is 8.73. The number of carbonyl (C=O) groups is 1. The predicted octanol–water partition coefficient (Wildman–Crippen LogP) is -0.817. The van der Waals surface area contributed by atoms with E-state index in [0.717, 1.165) is 0 Å². The minimum absolute atomic E-state index is 0.0839. The zero-order chi connectivity index (χ0) is 18.4. The molecule has 0 radical (unpaired) electrons. The summed E-state index contributed by atoms with van der Waals surface area (Å²) in [6.45, 7) is 3.10. The molecular formula is C16H25N7O2. The van der Waals surface area contributed by atoms with Crippen LogP contribution in [0.3, 0.4) is 0 Å². The third-order valence-electron chi connectivity index (χ3n) is 4.45. The van der Waals surface area contributed by atoms with Crippen LogP contribution in [0.2, 0.25) is 0 Å². The van der Waals surface area contributed by atoms with Gasteiger partial charge in [-0.15, -0.1) is 0 Å². The van der Waals surface area contributed by atoms with Crippen LogP contribution in [0.15, 0.2) is 18.5 Å². The monoisotopic (exact) mass is 347 g/mol. The van der Waals surface area contributed by atoms with E-state index in [-0.39, 0.29) is 23.9 Å². The summed E-state index contributed by atoms with van der Waals surface area (Å²) in [6, 6.07) is 3.89. The molecule has 1 aliphatic rings. The molecule has 0 bridgehead atoms. The number of hydrogen-bond donors (Lipinski definition) is 5. The molecule has 1 aromatic heterocycles. The molecule has 0 saturated carbocycles. The first kappa shape index (κ1) is 19.1. The molecule has 1 aliphatic heterocycles. The molecule has 9 nitrogen and oxygen atoms in total. The van der Waals surface area contributed by atoms with Gasteiger partial charge in [-0.2, -0.15) is 5.26 Å². The van der Waals surface area contributed by atoms with E-state index in [4.69, 9.17) is 21.5 Å². The van der Waals surface area contributed by atoms with Gasteiger partial charge in [0.25, 0.3) is 0 Å². The van der Waals surface area contributed by atoms with Gasteiger partial charge in [0.05, 0.1) is 37.6 Å². The van der Waals surface area contributed by atoms with Gasteiger partial charge in [0.15, 0.2) is 0 Å². The van der Waals surface area contributed by atoms with Crippen molar-refractivity contribution in [1.29, 1.82) is 5.26 Å². The number of pyridine rings is 1. The van der Waals surface area contributed by atoms with Crippen molar-refractivity contribution < 1.29 is 9.53 Å². The van der Waals surface area contributed by atoms with Crippen LogP contribution < -0.4 is 32.2 Å². The Labute approximate surface area is 147 Å². The molecule has 1 fully saturated rings. The van der Waals surface area contributed by atoms with Crippen LogP contribution in [0.5, 0.6) is 5.75 Å². The maximum Gasteiger partial charge on any atom is 0.233 e. The second-order valence-corrected chi connectivity index (χ2v) is 6.14. The largest absolute Gasteiger partial charge is 0.494 e. The zero-order valence-electron chi connectivity index (χ0n) is 14.4. The van der Waals surface area contributed by atoms with Crippen molar-refractivity contribution in [3.63, 3.8) is 0 Å². The number of amides is 1. The highest BCUT2D eigenvalue weighted by Crippen LogP contribution is 2.23. The summed E-state index contributed by atoms with van der Waals surface area (Å²) in [5.74, 6) is -0.460. The van der Waals surface area contributed by atoms with Crippen LogP contribution in [-0.4, -0.2) is 43.4 Å². The number of anilines is 1. The molecule has 7 N–H and O–H groups in total. The molecule has 25 heavy (non-hydrogen) atoms. The van der Waals surface area contributed by atoms with E-state index < -0.39 is 12.1 Å². The first-order valence-corrected chi connectivity index (χ1v) is 8.14. The van der Waals surface area contributed by atoms with Crippen molar-refractivity contribution >= 4 is 11.6 Å². The number of nitrogens with two attached hydrogens (primary N) is 2. The summed E-state index contributed by atoms with van der Waals surface area (Å²) in [4.78, 5) is 16.7. The lowest BCUT2D eigenvalue weighted by molar-refractivity contribution is -0.122. The Balaban J connectivity index is 2.06. The molecule has 2 heterocycles. The molecule has 1 saturated heterocycles. The average molecular weight is 347 g/mol. The number of aromatic nitrogens is 1. The van der Waals surface area contributed by atoms with E-state index in [1.807, 2.05) is 6.92 Å². The van der Waals surface area contributed by atoms with Gasteiger partial charge in [-0.3, -0.25) is 9.78 Å². The molecule has 0 aromatic carbocycles. The Morgan fingerprint density at radius 2 is 2.16 bits per heavy atom. The Bertz CT molecular complexity index is 623. The normalized spacial score (nSPS) is 22.7. The Hall–Kier alpha value is -2.25. The van der Waals surface area contributed by atoms with Crippen molar-refractivity contribution in [2.75, 3.05) is 25.5 Å². The Morgan fingerprint density at radius 1 is 1.48 bits per heavy atom. The molecule has 1 amide bonds. The lowest BCUT2D eigenvalue weighted by Crippen LogP contribution is -2.64. The molecule has 2 unspecified atom stereocenters. The molecule has 136 valence electrons. The van der Waals surface area contributed by atoms with E-state index in [2.05, 4.69) is 27.0 Å². The van der Waals surface area contributed by atoms with Crippen molar-refractivity contribution in [3.05, 3.63) is 18.5 Å². The van der Waals surface area contributed by atoms with Crippen molar-refractivity contribution in [2.45, 2.75) is 19.3 Å². The molecule has 1 aromatic rings. The van der Waals surface area contributed by atoms with Crippen molar-refractivity contribution in [3.8, 4) is 11.8 Å². The highest BCUT2D eigenvalue weighted by atomic mass is 16.5.